The lowest BCUT2D eigenvalue weighted by Gasteiger charge is -2.08. The first-order chi connectivity index (χ1) is 9.87. The predicted octanol–water partition coefficient (Wildman–Crippen LogP) is 1.51. The van der Waals surface area contributed by atoms with Gasteiger partial charge in [0, 0.05) is 11.6 Å². The van der Waals surface area contributed by atoms with E-state index in [1.165, 1.54) is 36.5 Å². The number of hydrogen-bond donors (Lipinski definition) is 2. The molecule has 0 aliphatic carbocycles. The fourth-order valence-electron chi connectivity index (χ4n) is 1.70. The molecule has 0 atom stereocenters. The Labute approximate surface area is 120 Å². The fourth-order valence-corrected chi connectivity index (χ4v) is 2.90. The summed E-state index contributed by atoms with van der Waals surface area (Å²) >= 11 is 0. The quantitative estimate of drug-likeness (QED) is 0.636. The summed E-state index contributed by atoms with van der Waals surface area (Å²) in [5.74, 6) is -0.245. The molecule has 0 spiro atoms. The topological polar surface area (TPSA) is 128 Å². The summed E-state index contributed by atoms with van der Waals surface area (Å²) in [5.41, 5.74) is 5.51. The highest BCUT2D eigenvalue weighted by molar-refractivity contribution is 7.91. The SMILES string of the molecule is Nc1ccc(NS(=O)(=O)Cc2ccccc2[N+](=O)[O-])cn1. The Kier molecular flexibility index (Phi) is 4.03. The van der Waals surface area contributed by atoms with Crippen molar-refractivity contribution in [2.75, 3.05) is 10.5 Å². The van der Waals surface area contributed by atoms with Gasteiger partial charge in [-0.15, -0.1) is 0 Å². The fraction of sp³-hybridized carbons (Fsp3) is 0.0833. The van der Waals surface area contributed by atoms with Crippen LogP contribution < -0.4 is 10.5 Å². The maximum Gasteiger partial charge on any atom is 0.273 e. The van der Waals surface area contributed by atoms with Crippen molar-refractivity contribution in [2.24, 2.45) is 0 Å². The Hall–Kier alpha value is -2.68. The van der Waals surface area contributed by atoms with Crippen LogP contribution in [0.2, 0.25) is 0 Å². The summed E-state index contributed by atoms with van der Waals surface area (Å²) in [6.45, 7) is 0. The predicted molar refractivity (Wildman–Crippen MR) is 78.0 cm³/mol. The van der Waals surface area contributed by atoms with Crippen LogP contribution in [-0.4, -0.2) is 18.3 Å². The van der Waals surface area contributed by atoms with Crippen molar-refractivity contribution in [1.29, 1.82) is 0 Å². The van der Waals surface area contributed by atoms with Gasteiger partial charge in [-0.3, -0.25) is 14.8 Å². The molecule has 0 aliphatic heterocycles. The summed E-state index contributed by atoms with van der Waals surface area (Å²) in [5, 5.41) is 10.9. The van der Waals surface area contributed by atoms with Gasteiger partial charge in [0.25, 0.3) is 5.69 Å². The molecule has 0 radical (unpaired) electrons. The normalized spacial score (nSPS) is 11.0. The summed E-state index contributed by atoms with van der Waals surface area (Å²) in [6.07, 6.45) is 1.27. The lowest BCUT2D eigenvalue weighted by Crippen LogP contribution is -2.16. The maximum atomic E-state index is 12.0. The van der Waals surface area contributed by atoms with Crippen molar-refractivity contribution in [3.05, 3.63) is 58.3 Å². The highest BCUT2D eigenvalue weighted by Gasteiger charge is 2.19. The molecule has 110 valence electrons. The number of rotatable bonds is 5. The minimum Gasteiger partial charge on any atom is -0.384 e. The second-order valence-corrected chi connectivity index (χ2v) is 5.94. The van der Waals surface area contributed by atoms with E-state index < -0.39 is 20.7 Å². The van der Waals surface area contributed by atoms with Crippen LogP contribution in [0.3, 0.4) is 0 Å². The van der Waals surface area contributed by atoms with Gasteiger partial charge in [0.1, 0.15) is 11.6 Å². The largest absolute Gasteiger partial charge is 0.384 e. The first-order valence-corrected chi connectivity index (χ1v) is 7.47. The number of hydrogen-bond acceptors (Lipinski definition) is 6. The Balaban J connectivity index is 2.22. The lowest BCUT2D eigenvalue weighted by molar-refractivity contribution is -0.385. The van der Waals surface area contributed by atoms with Crippen molar-refractivity contribution in [1.82, 2.24) is 4.98 Å². The summed E-state index contributed by atoms with van der Waals surface area (Å²) < 4.78 is 26.4. The molecule has 0 fully saturated rings. The zero-order valence-electron chi connectivity index (χ0n) is 10.8. The van der Waals surface area contributed by atoms with Crippen LogP contribution in [0.4, 0.5) is 17.2 Å². The molecule has 3 N–H and O–H groups in total. The molecule has 0 bridgehead atoms. The number of nitrogens with two attached hydrogens (primary N) is 1. The standard InChI is InChI=1S/C12H12N4O4S/c13-12-6-5-10(7-14-12)15-21(19,20)8-9-3-1-2-4-11(9)16(17)18/h1-7,15H,8H2,(H2,13,14). The third kappa shape index (κ3) is 3.89. The molecule has 2 rings (SSSR count). The molecule has 0 saturated carbocycles. The number of benzene rings is 1. The number of nitro benzene ring substituents is 1. The molecule has 0 unspecified atom stereocenters. The van der Waals surface area contributed by atoms with E-state index in [1.807, 2.05) is 0 Å². The van der Waals surface area contributed by atoms with Gasteiger partial charge in [0.05, 0.1) is 16.8 Å². The van der Waals surface area contributed by atoms with Crippen LogP contribution in [0.15, 0.2) is 42.6 Å². The molecule has 1 aromatic heterocycles. The first-order valence-electron chi connectivity index (χ1n) is 5.82. The number of para-hydroxylation sites is 1. The summed E-state index contributed by atoms with van der Waals surface area (Å²) in [6, 6.07) is 8.59. The van der Waals surface area contributed by atoms with Crippen LogP contribution in [0.1, 0.15) is 5.56 Å². The van der Waals surface area contributed by atoms with E-state index in [0.29, 0.717) is 0 Å². The third-order valence-corrected chi connectivity index (χ3v) is 3.83. The molecule has 2 aromatic rings. The van der Waals surface area contributed by atoms with E-state index >= 15 is 0 Å². The molecule has 1 aromatic carbocycles. The Morgan fingerprint density at radius 2 is 1.95 bits per heavy atom. The van der Waals surface area contributed by atoms with Crippen LogP contribution >= 0.6 is 0 Å². The van der Waals surface area contributed by atoms with Gasteiger partial charge >= 0.3 is 0 Å². The summed E-state index contributed by atoms with van der Waals surface area (Å²) in [7, 11) is -3.79. The average Bonchev–Trinajstić information content (AvgIpc) is 2.41. The number of nitrogen functional groups attached to an aromatic ring is 1. The summed E-state index contributed by atoms with van der Waals surface area (Å²) in [4.78, 5) is 14.0. The minimum atomic E-state index is -3.79. The highest BCUT2D eigenvalue weighted by atomic mass is 32.2. The van der Waals surface area contributed by atoms with E-state index in [1.54, 1.807) is 6.07 Å². The van der Waals surface area contributed by atoms with Gasteiger partial charge in [0.15, 0.2) is 0 Å². The van der Waals surface area contributed by atoms with Gasteiger partial charge in [0.2, 0.25) is 10.0 Å². The average molecular weight is 308 g/mol. The van der Waals surface area contributed by atoms with Crippen molar-refractivity contribution >= 4 is 27.2 Å². The molecule has 1 heterocycles. The van der Waals surface area contributed by atoms with Crippen molar-refractivity contribution in [3.63, 3.8) is 0 Å². The second kappa shape index (κ2) is 5.75. The number of aromatic nitrogens is 1. The van der Waals surface area contributed by atoms with Gasteiger partial charge in [-0.25, -0.2) is 13.4 Å². The van der Waals surface area contributed by atoms with Crippen molar-refractivity contribution in [2.45, 2.75) is 5.75 Å². The first kappa shape index (κ1) is 14.7. The van der Waals surface area contributed by atoms with Gasteiger partial charge in [-0.2, -0.15) is 0 Å². The Morgan fingerprint density at radius 1 is 1.24 bits per heavy atom. The van der Waals surface area contributed by atoms with E-state index in [2.05, 4.69) is 9.71 Å². The molecule has 9 heteroatoms. The van der Waals surface area contributed by atoms with Crippen LogP contribution in [-0.2, 0) is 15.8 Å². The molecular weight excluding hydrogens is 296 g/mol. The second-order valence-electron chi connectivity index (χ2n) is 4.22. The molecule has 0 saturated heterocycles. The molecule has 0 amide bonds. The molecular formula is C12H12N4O4S. The minimum absolute atomic E-state index is 0.110. The maximum absolute atomic E-state index is 12.0. The Bertz CT molecular complexity index is 759. The number of nitrogens with one attached hydrogen (secondary N) is 1. The number of nitro groups is 1. The van der Waals surface area contributed by atoms with Gasteiger partial charge < -0.3 is 5.73 Å². The number of pyridine rings is 1. The molecule has 21 heavy (non-hydrogen) atoms. The van der Waals surface area contributed by atoms with Gasteiger partial charge in [-0.05, 0) is 12.1 Å². The van der Waals surface area contributed by atoms with E-state index in [4.69, 9.17) is 5.73 Å². The van der Waals surface area contributed by atoms with Crippen LogP contribution in [0.5, 0.6) is 0 Å². The van der Waals surface area contributed by atoms with Crippen molar-refractivity contribution < 1.29 is 13.3 Å². The highest BCUT2D eigenvalue weighted by Crippen LogP contribution is 2.21. The number of anilines is 2. The smallest absolute Gasteiger partial charge is 0.273 e. The van der Waals surface area contributed by atoms with E-state index in [9.17, 15) is 18.5 Å². The van der Waals surface area contributed by atoms with Crippen LogP contribution in [0, 0.1) is 10.1 Å². The zero-order chi connectivity index (χ0) is 15.5. The zero-order valence-corrected chi connectivity index (χ0v) is 11.6. The van der Waals surface area contributed by atoms with Crippen molar-refractivity contribution in [3.8, 4) is 0 Å². The van der Waals surface area contributed by atoms with Crippen LogP contribution in [0.25, 0.3) is 0 Å². The van der Waals surface area contributed by atoms with Gasteiger partial charge in [-0.1, -0.05) is 18.2 Å². The number of sulfonamides is 1. The monoisotopic (exact) mass is 308 g/mol. The molecule has 0 aliphatic rings. The van der Waals surface area contributed by atoms with E-state index in [0.717, 1.165) is 0 Å². The lowest BCUT2D eigenvalue weighted by atomic mass is 10.2. The Morgan fingerprint density at radius 3 is 2.57 bits per heavy atom. The van der Waals surface area contributed by atoms with E-state index in [-0.39, 0.29) is 22.8 Å². The number of nitrogens with zero attached hydrogens (tertiary/aromatic N) is 2. The third-order valence-electron chi connectivity index (χ3n) is 2.59. The molecule has 8 nitrogen and oxygen atoms in total.